The Morgan fingerprint density at radius 3 is 1.22 bits per heavy atom. The van der Waals surface area contributed by atoms with Crippen LogP contribution in [0.4, 0.5) is 0 Å². The standard InChI is InChI=1S/C50H33N/c1-4-14-33(15-5-1)38-28-29-47-45(30-38)46-32-39(34-16-6-2-7-17-34)31-44(50(46)51-47)35-24-26-37(27-25-35)49-42-22-12-10-20-40(42)48(36-18-8-3-9-19-36)41-21-11-13-23-43(41)49/h1-32,51H. The molecule has 0 bridgehead atoms. The van der Waals surface area contributed by atoms with E-state index in [2.05, 4.69) is 199 Å². The summed E-state index contributed by atoms with van der Waals surface area (Å²) >= 11 is 0. The molecule has 9 aromatic carbocycles. The number of rotatable bonds is 5. The predicted molar refractivity (Wildman–Crippen MR) is 218 cm³/mol. The first-order chi connectivity index (χ1) is 25.3. The molecule has 1 nitrogen and oxygen atoms in total. The van der Waals surface area contributed by atoms with E-state index in [1.54, 1.807) is 0 Å². The van der Waals surface area contributed by atoms with Crippen LogP contribution in [0.15, 0.2) is 194 Å². The van der Waals surface area contributed by atoms with E-state index in [-0.39, 0.29) is 0 Å². The van der Waals surface area contributed by atoms with Gasteiger partial charge in [-0.05, 0) is 95.9 Å². The third-order valence-electron chi connectivity index (χ3n) is 10.4. The molecular formula is C50H33N. The number of nitrogens with one attached hydrogen (secondary N) is 1. The van der Waals surface area contributed by atoms with E-state index in [1.165, 1.54) is 88.0 Å². The largest absolute Gasteiger partial charge is 0.354 e. The average Bonchev–Trinajstić information content (AvgIpc) is 3.58. The zero-order valence-corrected chi connectivity index (χ0v) is 28.0. The molecule has 10 rings (SSSR count). The summed E-state index contributed by atoms with van der Waals surface area (Å²) in [4.78, 5) is 3.82. The summed E-state index contributed by atoms with van der Waals surface area (Å²) in [6, 6.07) is 70.6. The monoisotopic (exact) mass is 647 g/mol. The van der Waals surface area contributed by atoms with Gasteiger partial charge in [-0.25, -0.2) is 0 Å². The first-order valence-electron chi connectivity index (χ1n) is 17.6. The van der Waals surface area contributed by atoms with Crippen molar-refractivity contribution < 1.29 is 0 Å². The fraction of sp³-hybridized carbons (Fsp3) is 0. The average molecular weight is 648 g/mol. The molecule has 0 fully saturated rings. The number of hydrogen-bond donors (Lipinski definition) is 1. The van der Waals surface area contributed by atoms with Crippen LogP contribution in [0.3, 0.4) is 0 Å². The first-order valence-corrected chi connectivity index (χ1v) is 17.6. The van der Waals surface area contributed by atoms with Gasteiger partial charge in [0.05, 0.1) is 5.52 Å². The molecule has 10 aromatic rings. The van der Waals surface area contributed by atoms with Crippen molar-refractivity contribution in [2.45, 2.75) is 0 Å². The third-order valence-corrected chi connectivity index (χ3v) is 10.4. The Morgan fingerprint density at radius 2 is 0.667 bits per heavy atom. The van der Waals surface area contributed by atoms with Crippen LogP contribution in [0.1, 0.15) is 0 Å². The van der Waals surface area contributed by atoms with Gasteiger partial charge in [0, 0.05) is 21.9 Å². The Labute approximate surface area is 297 Å². The second kappa shape index (κ2) is 12.0. The molecule has 0 aliphatic heterocycles. The van der Waals surface area contributed by atoms with E-state index in [1.807, 2.05) is 0 Å². The zero-order valence-electron chi connectivity index (χ0n) is 28.0. The summed E-state index contributed by atoms with van der Waals surface area (Å²) < 4.78 is 0. The Bertz CT molecular complexity index is 2810. The quantitative estimate of drug-likeness (QED) is 0.179. The molecule has 1 heterocycles. The van der Waals surface area contributed by atoms with Crippen LogP contribution in [0.2, 0.25) is 0 Å². The van der Waals surface area contributed by atoms with Gasteiger partial charge in [-0.1, -0.05) is 170 Å². The molecule has 0 atom stereocenters. The molecule has 51 heavy (non-hydrogen) atoms. The van der Waals surface area contributed by atoms with Crippen molar-refractivity contribution in [3.63, 3.8) is 0 Å². The van der Waals surface area contributed by atoms with Gasteiger partial charge in [0.25, 0.3) is 0 Å². The summed E-state index contributed by atoms with van der Waals surface area (Å²) in [6.45, 7) is 0. The lowest BCUT2D eigenvalue weighted by Gasteiger charge is -2.18. The SMILES string of the molecule is c1ccc(-c2ccc3[nH]c4c(-c5ccc(-c6c7ccccc7c(-c7ccccc7)c7ccccc67)cc5)cc(-c5ccccc5)cc4c3c2)cc1. The maximum absolute atomic E-state index is 3.82. The van der Waals surface area contributed by atoms with Crippen molar-refractivity contribution in [3.05, 3.63) is 194 Å². The molecule has 0 saturated heterocycles. The third kappa shape index (κ3) is 4.94. The van der Waals surface area contributed by atoms with Crippen LogP contribution in [0.5, 0.6) is 0 Å². The number of aromatic amines is 1. The Hall–Kier alpha value is -6.70. The molecule has 0 spiro atoms. The van der Waals surface area contributed by atoms with E-state index < -0.39 is 0 Å². The van der Waals surface area contributed by atoms with Gasteiger partial charge in [-0.2, -0.15) is 0 Å². The van der Waals surface area contributed by atoms with Gasteiger partial charge in [-0.3, -0.25) is 0 Å². The lowest BCUT2D eigenvalue weighted by atomic mass is 9.85. The molecule has 238 valence electrons. The van der Waals surface area contributed by atoms with E-state index in [9.17, 15) is 0 Å². The first kappa shape index (κ1) is 29.2. The molecule has 0 aliphatic rings. The molecule has 1 aromatic heterocycles. The Morgan fingerprint density at radius 1 is 0.255 bits per heavy atom. The lowest BCUT2D eigenvalue weighted by Crippen LogP contribution is -1.91. The van der Waals surface area contributed by atoms with Gasteiger partial charge in [-0.15, -0.1) is 0 Å². The maximum atomic E-state index is 3.82. The molecular weight excluding hydrogens is 615 g/mol. The molecule has 0 saturated carbocycles. The van der Waals surface area contributed by atoms with E-state index in [0.717, 1.165) is 11.0 Å². The minimum Gasteiger partial charge on any atom is -0.354 e. The number of benzene rings is 9. The van der Waals surface area contributed by atoms with Crippen LogP contribution >= 0.6 is 0 Å². The highest BCUT2D eigenvalue weighted by Crippen LogP contribution is 2.45. The summed E-state index contributed by atoms with van der Waals surface area (Å²) in [7, 11) is 0. The minimum atomic E-state index is 1.14. The van der Waals surface area contributed by atoms with Gasteiger partial charge in [0.15, 0.2) is 0 Å². The summed E-state index contributed by atoms with van der Waals surface area (Å²) in [6.07, 6.45) is 0. The van der Waals surface area contributed by atoms with Gasteiger partial charge in [0.1, 0.15) is 0 Å². The van der Waals surface area contributed by atoms with Crippen molar-refractivity contribution >= 4 is 43.4 Å². The normalized spacial score (nSPS) is 11.5. The van der Waals surface area contributed by atoms with Crippen molar-refractivity contribution in [3.8, 4) is 55.6 Å². The van der Waals surface area contributed by atoms with Crippen molar-refractivity contribution in [1.82, 2.24) is 4.98 Å². The van der Waals surface area contributed by atoms with E-state index >= 15 is 0 Å². The van der Waals surface area contributed by atoms with Crippen LogP contribution in [0, 0.1) is 0 Å². The van der Waals surface area contributed by atoms with E-state index in [0.29, 0.717) is 0 Å². The molecule has 1 heteroatoms. The van der Waals surface area contributed by atoms with Crippen molar-refractivity contribution in [2.24, 2.45) is 0 Å². The molecule has 0 amide bonds. The van der Waals surface area contributed by atoms with Gasteiger partial charge >= 0.3 is 0 Å². The van der Waals surface area contributed by atoms with Crippen LogP contribution in [-0.2, 0) is 0 Å². The van der Waals surface area contributed by atoms with E-state index in [4.69, 9.17) is 0 Å². The predicted octanol–water partition coefficient (Wildman–Crippen LogP) is 14.0. The number of fused-ring (bicyclic) bond motifs is 5. The fourth-order valence-electron chi connectivity index (χ4n) is 8.01. The second-order valence-electron chi connectivity index (χ2n) is 13.3. The number of aromatic nitrogens is 1. The zero-order chi connectivity index (χ0) is 33.7. The smallest absolute Gasteiger partial charge is 0.0544 e. The summed E-state index contributed by atoms with van der Waals surface area (Å²) in [5.74, 6) is 0. The van der Waals surface area contributed by atoms with Crippen LogP contribution in [0.25, 0.3) is 99.0 Å². The Kier molecular flexibility index (Phi) is 6.89. The number of H-pyrrole nitrogens is 1. The molecule has 0 aliphatic carbocycles. The van der Waals surface area contributed by atoms with Gasteiger partial charge in [0.2, 0.25) is 0 Å². The van der Waals surface area contributed by atoms with Crippen molar-refractivity contribution in [1.29, 1.82) is 0 Å². The topological polar surface area (TPSA) is 15.8 Å². The molecule has 1 N–H and O–H groups in total. The lowest BCUT2D eigenvalue weighted by molar-refractivity contribution is 1.53. The molecule has 0 radical (unpaired) electrons. The minimum absolute atomic E-state index is 1.14. The fourth-order valence-corrected chi connectivity index (χ4v) is 8.01. The molecule has 0 unspecified atom stereocenters. The van der Waals surface area contributed by atoms with Crippen molar-refractivity contribution in [2.75, 3.05) is 0 Å². The summed E-state index contributed by atoms with van der Waals surface area (Å²) in [5.41, 5.74) is 14.6. The summed E-state index contributed by atoms with van der Waals surface area (Å²) in [5, 5.41) is 7.54. The highest BCUT2D eigenvalue weighted by Gasteiger charge is 2.18. The van der Waals surface area contributed by atoms with Crippen LogP contribution in [-0.4, -0.2) is 4.98 Å². The highest BCUT2D eigenvalue weighted by atomic mass is 14.7. The second-order valence-corrected chi connectivity index (χ2v) is 13.3. The van der Waals surface area contributed by atoms with Crippen LogP contribution < -0.4 is 0 Å². The highest BCUT2D eigenvalue weighted by molar-refractivity contribution is 6.21. The Balaban J connectivity index is 1.17. The number of hydrogen-bond acceptors (Lipinski definition) is 0. The maximum Gasteiger partial charge on any atom is 0.0544 e. The van der Waals surface area contributed by atoms with Gasteiger partial charge < -0.3 is 4.98 Å².